The van der Waals surface area contributed by atoms with Crippen LogP contribution >= 0.6 is 0 Å². The van der Waals surface area contributed by atoms with Gasteiger partial charge in [-0.2, -0.15) is 5.10 Å². The zero-order valence-electron chi connectivity index (χ0n) is 16.6. The molecule has 0 aliphatic rings. The summed E-state index contributed by atoms with van der Waals surface area (Å²) in [5.41, 5.74) is 6.05. The summed E-state index contributed by atoms with van der Waals surface area (Å²) in [4.78, 5) is 24.0. The molecule has 0 saturated carbocycles. The standard InChI is InChI=1S/C22H27N3O3/c1-4-13-28-20-8-6-5-7-18(20)15-23-25-22(27)12-11-21(26)24-19-14-16(2)9-10-17(19)3/h5-10,14-15H,4,11-13H2,1-3H3,(H,24,26)(H,25,27). The van der Waals surface area contributed by atoms with Gasteiger partial charge < -0.3 is 10.1 Å². The van der Waals surface area contributed by atoms with Crippen molar-refractivity contribution in [3.63, 3.8) is 0 Å². The molecule has 2 aromatic rings. The number of hydrogen-bond acceptors (Lipinski definition) is 4. The average molecular weight is 381 g/mol. The fourth-order valence-electron chi connectivity index (χ4n) is 2.47. The van der Waals surface area contributed by atoms with Gasteiger partial charge >= 0.3 is 0 Å². The van der Waals surface area contributed by atoms with Crippen LogP contribution in [-0.2, 0) is 9.59 Å². The normalized spacial score (nSPS) is 10.7. The van der Waals surface area contributed by atoms with Crippen LogP contribution in [0.5, 0.6) is 5.75 Å². The molecule has 2 N–H and O–H groups in total. The number of para-hydroxylation sites is 1. The molecule has 0 bridgehead atoms. The Hall–Kier alpha value is -3.15. The first-order chi connectivity index (χ1) is 13.5. The monoisotopic (exact) mass is 381 g/mol. The van der Waals surface area contributed by atoms with E-state index in [0.29, 0.717) is 6.61 Å². The number of rotatable bonds is 9. The van der Waals surface area contributed by atoms with Crippen LogP contribution in [0.15, 0.2) is 47.6 Å². The fraction of sp³-hybridized carbons (Fsp3) is 0.318. The molecular weight excluding hydrogens is 354 g/mol. The highest BCUT2D eigenvalue weighted by Crippen LogP contribution is 2.17. The van der Waals surface area contributed by atoms with Crippen LogP contribution in [0.25, 0.3) is 0 Å². The molecule has 28 heavy (non-hydrogen) atoms. The molecule has 2 amide bonds. The van der Waals surface area contributed by atoms with Crippen LogP contribution in [0.3, 0.4) is 0 Å². The van der Waals surface area contributed by atoms with E-state index in [9.17, 15) is 9.59 Å². The number of ether oxygens (including phenoxy) is 1. The SMILES string of the molecule is CCCOc1ccccc1C=NNC(=O)CCC(=O)Nc1cc(C)ccc1C. The number of carbonyl (C=O) groups is 2. The summed E-state index contributed by atoms with van der Waals surface area (Å²) in [6.45, 7) is 6.55. The van der Waals surface area contributed by atoms with E-state index >= 15 is 0 Å². The van der Waals surface area contributed by atoms with Crippen molar-refractivity contribution in [2.45, 2.75) is 40.0 Å². The van der Waals surface area contributed by atoms with E-state index in [1.165, 1.54) is 0 Å². The van der Waals surface area contributed by atoms with Gasteiger partial charge in [0.15, 0.2) is 0 Å². The topological polar surface area (TPSA) is 79.8 Å². The second-order valence-electron chi connectivity index (χ2n) is 6.55. The number of amides is 2. The Bertz CT molecular complexity index is 847. The Morgan fingerprint density at radius 3 is 2.61 bits per heavy atom. The van der Waals surface area contributed by atoms with Gasteiger partial charge in [-0.05, 0) is 49.6 Å². The van der Waals surface area contributed by atoms with E-state index in [1.54, 1.807) is 6.21 Å². The predicted molar refractivity (Wildman–Crippen MR) is 112 cm³/mol. The maximum Gasteiger partial charge on any atom is 0.240 e. The molecule has 0 atom stereocenters. The number of hydrazone groups is 1. The molecule has 2 rings (SSSR count). The lowest BCUT2D eigenvalue weighted by molar-refractivity contribution is -0.124. The van der Waals surface area contributed by atoms with Gasteiger partial charge in [-0.1, -0.05) is 31.2 Å². The third-order valence-electron chi connectivity index (χ3n) is 4.02. The van der Waals surface area contributed by atoms with E-state index in [1.807, 2.05) is 63.2 Å². The lowest BCUT2D eigenvalue weighted by Crippen LogP contribution is -2.21. The largest absolute Gasteiger partial charge is 0.493 e. The number of hydrogen-bond donors (Lipinski definition) is 2. The number of benzene rings is 2. The third kappa shape index (κ3) is 6.87. The van der Waals surface area contributed by atoms with Gasteiger partial charge in [0.2, 0.25) is 11.8 Å². The van der Waals surface area contributed by atoms with Crippen molar-refractivity contribution < 1.29 is 14.3 Å². The van der Waals surface area contributed by atoms with Gasteiger partial charge in [-0.3, -0.25) is 9.59 Å². The van der Waals surface area contributed by atoms with Crippen LogP contribution in [-0.4, -0.2) is 24.6 Å². The van der Waals surface area contributed by atoms with Gasteiger partial charge in [-0.25, -0.2) is 5.43 Å². The van der Waals surface area contributed by atoms with Gasteiger partial charge in [-0.15, -0.1) is 0 Å². The van der Waals surface area contributed by atoms with Crippen LogP contribution in [0.1, 0.15) is 42.9 Å². The van der Waals surface area contributed by atoms with Crippen molar-refractivity contribution in [3.8, 4) is 5.75 Å². The zero-order chi connectivity index (χ0) is 20.4. The van der Waals surface area contributed by atoms with E-state index in [2.05, 4.69) is 15.8 Å². The molecule has 0 radical (unpaired) electrons. The first-order valence-electron chi connectivity index (χ1n) is 9.40. The van der Waals surface area contributed by atoms with Crippen LogP contribution in [0.4, 0.5) is 5.69 Å². The maximum absolute atomic E-state index is 12.1. The molecule has 6 nitrogen and oxygen atoms in total. The molecular formula is C22H27N3O3. The Morgan fingerprint density at radius 1 is 1.07 bits per heavy atom. The lowest BCUT2D eigenvalue weighted by Gasteiger charge is -2.09. The second kappa shape index (κ2) is 10.9. The lowest BCUT2D eigenvalue weighted by atomic mass is 10.1. The predicted octanol–water partition coefficient (Wildman–Crippen LogP) is 3.96. The molecule has 0 saturated heterocycles. The Kier molecular flexibility index (Phi) is 8.21. The molecule has 0 unspecified atom stereocenters. The van der Waals surface area contributed by atoms with Gasteiger partial charge in [0, 0.05) is 24.1 Å². The summed E-state index contributed by atoms with van der Waals surface area (Å²) in [7, 11) is 0. The number of nitrogens with one attached hydrogen (secondary N) is 2. The van der Waals surface area contributed by atoms with Gasteiger partial charge in [0.05, 0.1) is 12.8 Å². The molecule has 0 spiro atoms. The molecule has 0 aromatic heterocycles. The Labute approximate surface area is 166 Å². The summed E-state index contributed by atoms with van der Waals surface area (Å²) < 4.78 is 5.64. The summed E-state index contributed by atoms with van der Waals surface area (Å²) >= 11 is 0. The first kappa shape index (κ1) is 21.2. The van der Waals surface area contributed by atoms with Crippen molar-refractivity contribution in [1.82, 2.24) is 5.43 Å². The smallest absolute Gasteiger partial charge is 0.240 e. The molecule has 0 aliphatic heterocycles. The second-order valence-corrected chi connectivity index (χ2v) is 6.55. The fourth-order valence-corrected chi connectivity index (χ4v) is 2.47. The van der Waals surface area contributed by atoms with Crippen molar-refractivity contribution in [1.29, 1.82) is 0 Å². The highest BCUT2D eigenvalue weighted by atomic mass is 16.5. The van der Waals surface area contributed by atoms with Crippen LogP contribution < -0.4 is 15.5 Å². The van der Waals surface area contributed by atoms with Gasteiger partial charge in [0.25, 0.3) is 0 Å². The molecule has 148 valence electrons. The summed E-state index contributed by atoms with van der Waals surface area (Å²) in [6.07, 6.45) is 2.60. The molecule has 0 aliphatic carbocycles. The highest BCUT2D eigenvalue weighted by molar-refractivity contribution is 5.94. The van der Waals surface area contributed by atoms with Crippen LogP contribution in [0, 0.1) is 13.8 Å². The highest BCUT2D eigenvalue weighted by Gasteiger charge is 2.08. The van der Waals surface area contributed by atoms with E-state index < -0.39 is 0 Å². The molecule has 0 fully saturated rings. The average Bonchev–Trinajstić information content (AvgIpc) is 2.68. The van der Waals surface area contributed by atoms with Crippen molar-refractivity contribution in [3.05, 3.63) is 59.2 Å². The maximum atomic E-state index is 12.1. The summed E-state index contributed by atoms with van der Waals surface area (Å²) in [6, 6.07) is 13.3. The summed E-state index contributed by atoms with van der Waals surface area (Å²) in [5, 5.41) is 6.80. The quantitative estimate of drug-likeness (QED) is 0.510. The minimum atomic E-state index is -0.320. The van der Waals surface area contributed by atoms with E-state index in [0.717, 1.165) is 34.5 Å². The minimum absolute atomic E-state index is 0.0576. The number of anilines is 1. The Balaban J connectivity index is 1.80. The van der Waals surface area contributed by atoms with Gasteiger partial charge in [0.1, 0.15) is 5.75 Å². The number of aryl methyl sites for hydroxylation is 2. The number of carbonyl (C=O) groups excluding carboxylic acids is 2. The van der Waals surface area contributed by atoms with E-state index in [4.69, 9.17) is 4.74 Å². The van der Waals surface area contributed by atoms with Crippen molar-refractivity contribution in [2.75, 3.05) is 11.9 Å². The van der Waals surface area contributed by atoms with E-state index in [-0.39, 0.29) is 24.7 Å². The summed E-state index contributed by atoms with van der Waals surface area (Å²) in [5.74, 6) is 0.195. The molecule has 6 heteroatoms. The zero-order valence-corrected chi connectivity index (χ0v) is 16.6. The first-order valence-corrected chi connectivity index (χ1v) is 9.40. The molecule has 0 heterocycles. The molecule has 2 aromatic carbocycles. The minimum Gasteiger partial charge on any atom is -0.493 e. The van der Waals surface area contributed by atoms with Crippen molar-refractivity contribution in [2.24, 2.45) is 5.10 Å². The third-order valence-corrected chi connectivity index (χ3v) is 4.02. The Morgan fingerprint density at radius 2 is 1.82 bits per heavy atom. The van der Waals surface area contributed by atoms with Crippen LogP contribution in [0.2, 0.25) is 0 Å². The van der Waals surface area contributed by atoms with Crippen molar-refractivity contribution >= 4 is 23.7 Å². The number of nitrogens with zero attached hydrogens (tertiary/aromatic N) is 1.